The van der Waals surface area contributed by atoms with Crippen molar-refractivity contribution >= 4 is 38.5 Å². The van der Waals surface area contributed by atoms with Crippen molar-refractivity contribution in [1.82, 2.24) is 20.3 Å². The Kier molecular flexibility index (Phi) is 10.7. The SMILES string of the molecule is Cc1c(F)c(NS(=O)(=O)CCC(F)(F)F)c2ccccc2c1Oc1ncccc1-c1ccnc(NC2CCC(NC(=O)OC(C)(C)C)CC2)n1. The van der Waals surface area contributed by atoms with Gasteiger partial charge in [0.25, 0.3) is 0 Å². The molecule has 0 spiro atoms. The molecule has 5 rings (SSSR count). The first-order valence-corrected chi connectivity index (χ1v) is 17.6. The highest BCUT2D eigenvalue weighted by atomic mass is 32.2. The summed E-state index contributed by atoms with van der Waals surface area (Å²) in [6.07, 6.45) is -0.638. The number of hydrogen-bond donors (Lipinski definition) is 3. The average molecular weight is 719 g/mol. The van der Waals surface area contributed by atoms with Gasteiger partial charge in [-0.2, -0.15) is 13.2 Å². The van der Waals surface area contributed by atoms with Crippen molar-refractivity contribution in [2.75, 3.05) is 15.8 Å². The van der Waals surface area contributed by atoms with Crippen LogP contribution < -0.4 is 20.1 Å². The van der Waals surface area contributed by atoms with Crippen LogP contribution >= 0.6 is 0 Å². The molecule has 1 fully saturated rings. The molecule has 1 aliphatic rings. The third kappa shape index (κ3) is 9.49. The predicted molar refractivity (Wildman–Crippen MR) is 181 cm³/mol. The van der Waals surface area contributed by atoms with Crippen LogP contribution in [0.5, 0.6) is 11.6 Å². The zero-order chi connectivity index (χ0) is 36.3. The Labute approximate surface area is 287 Å². The number of hydrogen-bond acceptors (Lipinski definition) is 9. The highest BCUT2D eigenvalue weighted by molar-refractivity contribution is 7.92. The van der Waals surface area contributed by atoms with Gasteiger partial charge in [-0.3, -0.25) is 4.72 Å². The Morgan fingerprint density at radius 1 is 0.940 bits per heavy atom. The number of pyridine rings is 1. The number of alkyl carbamates (subject to hydrolysis) is 1. The van der Waals surface area contributed by atoms with Gasteiger partial charge in [0, 0.05) is 40.8 Å². The van der Waals surface area contributed by atoms with E-state index in [0.29, 0.717) is 22.6 Å². The molecule has 0 bridgehead atoms. The van der Waals surface area contributed by atoms with Gasteiger partial charge in [0.05, 0.1) is 29.1 Å². The molecule has 16 heteroatoms. The number of nitrogens with zero attached hydrogens (tertiary/aromatic N) is 3. The molecule has 2 heterocycles. The molecular formula is C34H38F4N6O5S. The zero-order valence-corrected chi connectivity index (χ0v) is 28.7. The number of alkyl halides is 3. The first kappa shape index (κ1) is 36.5. The lowest BCUT2D eigenvalue weighted by atomic mass is 9.91. The van der Waals surface area contributed by atoms with E-state index in [1.165, 1.54) is 19.2 Å². The summed E-state index contributed by atoms with van der Waals surface area (Å²) in [5.41, 5.74) is -0.220. The van der Waals surface area contributed by atoms with E-state index in [1.54, 1.807) is 42.6 Å². The van der Waals surface area contributed by atoms with Crippen LogP contribution in [-0.4, -0.2) is 59.1 Å². The Bertz CT molecular complexity index is 1960. The van der Waals surface area contributed by atoms with Gasteiger partial charge in [-0.05, 0) is 71.6 Å². The largest absolute Gasteiger partial charge is 0.444 e. The number of anilines is 2. The maximum Gasteiger partial charge on any atom is 0.407 e. The van der Waals surface area contributed by atoms with Gasteiger partial charge in [-0.1, -0.05) is 24.3 Å². The minimum Gasteiger partial charge on any atom is -0.444 e. The maximum absolute atomic E-state index is 15.8. The molecule has 2 aromatic heterocycles. The monoisotopic (exact) mass is 718 g/mol. The fraction of sp³-hybridized carbons (Fsp3) is 0.412. The van der Waals surface area contributed by atoms with E-state index in [1.807, 2.05) is 25.5 Å². The quantitative estimate of drug-likeness (QED) is 0.140. The van der Waals surface area contributed by atoms with Gasteiger partial charge in [-0.15, -0.1) is 0 Å². The molecule has 50 heavy (non-hydrogen) atoms. The molecule has 1 aliphatic carbocycles. The van der Waals surface area contributed by atoms with Gasteiger partial charge < -0.3 is 20.1 Å². The van der Waals surface area contributed by atoms with Crippen LogP contribution in [0.2, 0.25) is 0 Å². The number of aromatic nitrogens is 3. The second-order valence-corrected chi connectivity index (χ2v) is 14.9. The number of ether oxygens (including phenoxy) is 2. The molecule has 4 aromatic rings. The van der Waals surface area contributed by atoms with Crippen molar-refractivity contribution in [1.29, 1.82) is 0 Å². The Hall–Kier alpha value is -4.73. The van der Waals surface area contributed by atoms with Gasteiger partial charge in [0.15, 0.2) is 5.82 Å². The van der Waals surface area contributed by atoms with Gasteiger partial charge in [0.1, 0.15) is 11.4 Å². The van der Waals surface area contributed by atoms with Crippen LogP contribution in [0.1, 0.15) is 58.4 Å². The fourth-order valence-electron chi connectivity index (χ4n) is 5.58. The van der Waals surface area contributed by atoms with Crippen LogP contribution in [0.4, 0.5) is 34.0 Å². The summed E-state index contributed by atoms with van der Waals surface area (Å²) in [6.45, 7) is 6.81. The molecule has 1 saturated carbocycles. The number of rotatable bonds is 10. The molecule has 0 atom stereocenters. The lowest BCUT2D eigenvalue weighted by molar-refractivity contribution is -0.129. The number of amides is 1. The van der Waals surface area contributed by atoms with Gasteiger partial charge >= 0.3 is 12.3 Å². The predicted octanol–water partition coefficient (Wildman–Crippen LogP) is 7.87. The summed E-state index contributed by atoms with van der Waals surface area (Å²) in [4.78, 5) is 25.6. The fourth-order valence-corrected chi connectivity index (χ4v) is 6.69. The average Bonchev–Trinajstić information content (AvgIpc) is 3.04. The maximum atomic E-state index is 15.8. The molecule has 0 saturated heterocycles. The highest BCUT2D eigenvalue weighted by Crippen LogP contribution is 2.42. The number of halogens is 4. The third-order valence-electron chi connectivity index (χ3n) is 7.92. The van der Waals surface area contributed by atoms with Crippen LogP contribution in [0.25, 0.3) is 22.0 Å². The first-order valence-electron chi connectivity index (χ1n) is 16.0. The second-order valence-electron chi connectivity index (χ2n) is 13.0. The first-order chi connectivity index (χ1) is 23.5. The summed E-state index contributed by atoms with van der Waals surface area (Å²) in [7, 11) is -4.55. The number of benzene rings is 2. The standard InChI is InChI=1S/C34H38F4N6O5S/c1-20-27(35)28(44-50(46,47)19-16-34(36,37)38)23-8-5-6-9-24(23)29(20)48-30-25(10-7-17-39-30)26-15-18-40-31(43-26)41-21-11-13-22(14-12-21)42-32(45)49-33(2,3)4/h5-10,15,17-18,21-22,44H,11-14,16,19H2,1-4H3,(H,42,45)(H,40,41,43). The van der Waals surface area contributed by atoms with E-state index in [-0.39, 0.29) is 34.7 Å². The third-order valence-corrected chi connectivity index (χ3v) is 9.18. The van der Waals surface area contributed by atoms with Crippen molar-refractivity contribution in [2.24, 2.45) is 0 Å². The molecular weight excluding hydrogens is 680 g/mol. The smallest absolute Gasteiger partial charge is 0.407 e. The van der Waals surface area contributed by atoms with Crippen LogP contribution in [-0.2, 0) is 14.8 Å². The molecule has 3 N–H and O–H groups in total. The van der Waals surface area contributed by atoms with Crippen molar-refractivity contribution in [3.8, 4) is 22.9 Å². The number of fused-ring (bicyclic) bond motifs is 1. The van der Waals surface area contributed by atoms with Gasteiger partial charge in [-0.25, -0.2) is 32.6 Å². The highest BCUT2D eigenvalue weighted by Gasteiger charge is 2.31. The lowest BCUT2D eigenvalue weighted by Crippen LogP contribution is -2.42. The van der Waals surface area contributed by atoms with Crippen molar-refractivity contribution in [3.63, 3.8) is 0 Å². The summed E-state index contributed by atoms with van der Waals surface area (Å²) >= 11 is 0. The van der Waals surface area contributed by atoms with Crippen LogP contribution in [0, 0.1) is 12.7 Å². The molecule has 0 radical (unpaired) electrons. The van der Waals surface area contributed by atoms with E-state index >= 15 is 4.39 Å². The summed E-state index contributed by atoms with van der Waals surface area (Å²) in [5, 5.41) is 6.68. The number of carbonyl (C=O) groups is 1. The summed E-state index contributed by atoms with van der Waals surface area (Å²) in [6, 6.07) is 11.3. The number of nitrogens with one attached hydrogen (secondary N) is 3. The molecule has 2 aromatic carbocycles. The molecule has 0 unspecified atom stereocenters. The van der Waals surface area contributed by atoms with Crippen molar-refractivity contribution in [3.05, 3.63) is 66.2 Å². The lowest BCUT2D eigenvalue weighted by Gasteiger charge is -2.30. The van der Waals surface area contributed by atoms with E-state index in [4.69, 9.17) is 9.47 Å². The van der Waals surface area contributed by atoms with E-state index in [0.717, 1.165) is 25.7 Å². The Morgan fingerprint density at radius 3 is 2.30 bits per heavy atom. The molecule has 11 nitrogen and oxygen atoms in total. The molecule has 1 amide bonds. The van der Waals surface area contributed by atoms with E-state index in [9.17, 15) is 26.4 Å². The van der Waals surface area contributed by atoms with Crippen LogP contribution in [0.15, 0.2) is 54.9 Å². The van der Waals surface area contributed by atoms with Crippen molar-refractivity contribution < 1.29 is 40.2 Å². The summed E-state index contributed by atoms with van der Waals surface area (Å²) in [5.74, 6) is -1.77. The summed E-state index contributed by atoms with van der Waals surface area (Å²) < 4.78 is 92.7. The minimum atomic E-state index is -4.70. The zero-order valence-electron chi connectivity index (χ0n) is 27.9. The van der Waals surface area contributed by atoms with E-state index in [2.05, 4.69) is 25.6 Å². The second kappa shape index (κ2) is 14.6. The number of sulfonamides is 1. The van der Waals surface area contributed by atoms with Crippen molar-refractivity contribution in [2.45, 2.75) is 83.7 Å². The molecule has 0 aliphatic heterocycles. The van der Waals surface area contributed by atoms with Gasteiger partial charge in [0.2, 0.25) is 21.9 Å². The van der Waals surface area contributed by atoms with Crippen LogP contribution in [0.3, 0.4) is 0 Å². The minimum absolute atomic E-state index is 0.00161. The Morgan fingerprint density at radius 2 is 1.62 bits per heavy atom. The Balaban J connectivity index is 1.35. The normalized spacial score (nSPS) is 16.9. The topological polar surface area (TPSA) is 144 Å². The molecule has 268 valence electrons. The van der Waals surface area contributed by atoms with E-state index < -0.39 is 51.6 Å². The number of carbonyl (C=O) groups excluding carboxylic acids is 1.